The zero-order valence-electron chi connectivity index (χ0n) is 9.20. The Morgan fingerprint density at radius 2 is 1.93 bits per heavy atom. The van der Waals surface area contributed by atoms with E-state index in [1.165, 1.54) is 20.8 Å². The highest BCUT2D eigenvalue weighted by atomic mass is 16.7. The van der Waals surface area contributed by atoms with Crippen LogP contribution in [0.5, 0.6) is 0 Å². The Hall–Kier alpha value is -1.39. The maximum Gasteiger partial charge on any atom is 0.322 e. The number of carbonyl (C=O) groups excluding carboxylic acids is 3. The fraction of sp³-hybridized carbons (Fsp3) is 0.700. The number of hydrogen-bond acceptors (Lipinski definition) is 5. The van der Waals surface area contributed by atoms with Crippen molar-refractivity contribution >= 4 is 17.7 Å². The largest absolute Gasteiger partial charge is 0.425 e. The lowest BCUT2D eigenvalue weighted by Crippen LogP contribution is -2.37. The molecule has 1 heterocycles. The molecule has 5 nitrogen and oxygen atoms in total. The SMILES string of the molecule is CC(=O)O[C@@H]1OC(=O)[C@](C)(C(C)=O)[C@H]1C. The highest BCUT2D eigenvalue weighted by molar-refractivity contribution is 6.03. The third-order valence-electron chi connectivity index (χ3n) is 2.98. The highest BCUT2D eigenvalue weighted by Crippen LogP contribution is 2.40. The van der Waals surface area contributed by atoms with Crippen molar-refractivity contribution in [3.05, 3.63) is 0 Å². The predicted molar refractivity (Wildman–Crippen MR) is 49.6 cm³/mol. The number of ether oxygens (including phenoxy) is 2. The lowest BCUT2D eigenvalue weighted by Gasteiger charge is -2.21. The van der Waals surface area contributed by atoms with Crippen LogP contribution < -0.4 is 0 Å². The molecule has 84 valence electrons. The summed E-state index contributed by atoms with van der Waals surface area (Å²) in [4.78, 5) is 33.6. The predicted octanol–water partition coefficient (Wildman–Crippen LogP) is 0.664. The van der Waals surface area contributed by atoms with E-state index in [0.717, 1.165) is 0 Å². The fourth-order valence-corrected chi connectivity index (χ4v) is 1.54. The molecule has 1 rings (SSSR count). The summed E-state index contributed by atoms with van der Waals surface area (Å²) in [6.45, 7) is 5.71. The summed E-state index contributed by atoms with van der Waals surface area (Å²) in [5.74, 6) is -1.91. The third kappa shape index (κ3) is 1.73. The van der Waals surface area contributed by atoms with E-state index in [0.29, 0.717) is 0 Å². The first-order chi connectivity index (χ1) is 6.80. The number of Topliss-reactive ketones (excluding diaryl/α,β-unsaturated/α-hetero) is 1. The number of esters is 2. The standard InChI is InChI=1S/C10H14O5/c1-5-8(14-7(3)12)15-9(13)10(5,4)6(2)11/h5,8H,1-4H3/t5-,8+,10-/m0/s1. The van der Waals surface area contributed by atoms with Gasteiger partial charge in [0.05, 0.1) is 5.92 Å². The van der Waals surface area contributed by atoms with Crippen molar-refractivity contribution in [2.75, 3.05) is 0 Å². The average molecular weight is 214 g/mol. The molecular weight excluding hydrogens is 200 g/mol. The van der Waals surface area contributed by atoms with Crippen molar-refractivity contribution in [3.8, 4) is 0 Å². The van der Waals surface area contributed by atoms with Gasteiger partial charge in [0.1, 0.15) is 11.2 Å². The Bertz CT molecular complexity index is 322. The van der Waals surface area contributed by atoms with E-state index in [1.54, 1.807) is 6.92 Å². The van der Waals surface area contributed by atoms with Gasteiger partial charge >= 0.3 is 11.9 Å². The molecule has 0 saturated carbocycles. The van der Waals surface area contributed by atoms with E-state index in [9.17, 15) is 14.4 Å². The number of rotatable bonds is 2. The second-order valence-electron chi connectivity index (χ2n) is 3.93. The van der Waals surface area contributed by atoms with Gasteiger partial charge in [0.2, 0.25) is 0 Å². The van der Waals surface area contributed by atoms with E-state index in [2.05, 4.69) is 0 Å². The minimum atomic E-state index is -1.21. The van der Waals surface area contributed by atoms with Gasteiger partial charge in [-0.2, -0.15) is 0 Å². The van der Waals surface area contributed by atoms with Crippen LogP contribution in [0.2, 0.25) is 0 Å². The normalized spacial score (nSPS) is 34.8. The van der Waals surface area contributed by atoms with Gasteiger partial charge in [-0.3, -0.25) is 14.4 Å². The molecule has 0 amide bonds. The lowest BCUT2D eigenvalue weighted by atomic mass is 9.77. The molecule has 0 aliphatic carbocycles. The molecule has 5 heteroatoms. The molecule has 0 aromatic carbocycles. The van der Waals surface area contributed by atoms with Crippen LogP contribution in [0, 0.1) is 11.3 Å². The second-order valence-corrected chi connectivity index (χ2v) is 3.93. The fourth-order valence-electron chi connectivity index (χ4n) is 1.54. The number of hydrogen-bond donors (Lipinski definition) is 0. The summed E-state index contributed by atoms with van der Waals surface area (Å²) in [7, 11) is 0. The Labute approximate surface area is 87.7 Å². The molecule has 0 aromatic heterocycles. The van der Waals surface area contributed by atoms with Crippen molar-refractivity contribution in [2.24, 2.45) is 11.3 Å². The van der Waals surface area contributed by atoms with Gasteiger partial charge in [0.25, 0.3) is 6.29 Å². The average Bonchev–Trinajstić information content (AvgIpc) is 2.31. The summed E-state index contributed by atoms with van der Waals surface area (Å²) in [6, 6.07) is 0. The molecule has 3 atom stereocenters. The van der Waals surface area contributed by atoms with Gasteiger partial charge < -0.3 is 9.47 Å². The van der Waals surface area contributed by atoms with Crippen LogP contribution >= 0.6 is 0 Å². The molecule has 1 fully saturated rings. The number of ketones is 1. The Balaban J connectivity index is 2.92. The van der Waals surface area contributed by atoms with Crippen LogP contribution in [-0.4, -0.2) is 24.0 Å². The minimum Gasteiger partial charge on any atom is -0.425 e. The zero-order chi connectivity index (χ0) is 11.8. The van der Waals surface area contributed by atoms with Crippen molar-refractivity contribution in [1.82, 2.24) is 0 Å². The first kappa shape index (κ1) is 11.7. The van der Waals surface area contributed by atoms with Crippen molar-refractivity contribution in [2.45, 2.75) is 34.0 Å². The van der Waals surface area contributed by atoms with E-state index in [1.807, 2.05) is 0 Å². The van der Waals surface area contributed by atoms with E-state index in [4.69, 9.17) is 9.47 Å². The van der Waals surface area contributed by atoms with Crippen LogP contribution in [0.25, 0.3) is 0 Å². The van der Waals surface area contributed by atoms with Gasteiger partial charge in [-0.25, -0.2) is 0 Å². The summed E-state index contributed by atoms with van der Waals surface area (Å²) >= 11 is 0. The number of cyclic esters (lactones) is 1. The van der Waals surface area contributed by atoms with Gasteiger partial charge in [0.15, 0.2) is 0 Å². The Morgan fingerprint density at radius 3 is 2.27 bits per heavy atom. The topological polar surface area (TPSA) is 69.7 Å². The highest BCUT2D eigenvalue weighted by Gasteiger charge is 2.56. The summed E-state index contributed by atoms with van der Waals surface area (Å²) in [5, 5.41) is 0. The molecule has 0 radical (unpaired) electrons. The molecule has 0 bridgehead atoms. The summed E-state index contributed by atoms with van der Waals surface area (Å²) < 4.78 is 9.66. The molecule has 0 aromatic rings. The molecule has 0 N–H and O–H groups in total. The smallest absolute Gasteiger partial charge is 0.322 e. The van der Waals surface area contributed by atoms with E-state index in [-0.39, 0.29) is 5.78 Å². The molecule has 0 unspecified atom stereocenters. The van der Waals surface area contributed by atoms with Crippen LogP contribution in [0.15, 0.2) is 0 Å². The van der Waals surface area contributed by atoms with Crippen LogP contribution in [0.1, 0.15) is 27.7 Å². The first-order valence-corrected chi connectivity index (χ1v) is 4.69. The quantitative estimate of drug-likeness (QED) is 0.499. The monoisotopic (exact) mass is 214 g/mol. The molecule has 15 heavy (non-hydrogen) atoms. The second kappa shape index (κ2) is 3.64. The van der Waals surface area contributed by atoms with Crippen LogP contribution in [-0.2, 0) is 23.9 Å². The summed E-state index contributed by atoms with van der Waals surface area (Å²) in [6.07, 6.45) is -0.955. The first-order valence-electron chi connectivity index (χ1n) is 4.69. The Morgan fingerprint density at radius 1 is 1.40 bits per heavy atom. The van der Waals surface area contributed by atoms with Crippen molar-refractivity contribution in [3.63, 3.8) is 0 Å². The maximum atomic E-state index is 11.5. The maximum absolute atomic E-state index is 11.5. The molecule has 1 saturated heterocycles. The minimum absolute atomic E-state index is 0.283. The van der Waals surface area contributed by atoms with E-state index < -0.39 is 29.6 Å². The van der Waals surface area contributed by atoms with Crippen LogP contribution in [0.3, 0.4) is 0 Å². The molecule has 1 aliphatic rings. The van der Waals surface area contributed by atoms with Crippen LogP contribution in [0.4, 0.5) is 0 Å². The molecular formula is C10H14O5. The van der Waals surface area contributed by atoms with Gasteiger partial charge in [-0.15, -0.1) is 0 Å². The van der Waals surface area contributed by atoms with Gasteiger partial charge in [0, 0.05) is 6.92 Å². The van der Waals surface area contributed by atoms with Crippen molar-refractivity contribution < 1.29 is 23.9 Å². The van der Waals surface area contributed by atoms with Crippen molar-refractivity contribution in [1.29, 1.82) is 0 Å². The number of carbonyl (C=O) groups is 3. The van der Waals surface area contributed by atoms with Gasteiger partial charge in [-0.1, -0.05) is 6.92 Å². The molecule has 1 aliphatic heterocycles. The van der Waals surface area contributed by atoms with E-state index >= 15 is 0 Å². The Kier molecular flexibility index (Phi) is 2.83. The lowest BCUT2D eigenvalue weighted by molar-refractivity contribution is -0.179. The molecule has 0 spiro atoms. The van der Waals surface area contributed by atoms with Gasteiger partial charge in [-0.05, 0) is 13.8 Å². The summed E-state index contributed by atoms with van der Waals surface area (Å²) in [5.41, 5.74) is -1.21. The third-order valence-corrected chi connectivity index (χ3v) is 2.98. The zero-order valence-corrected chi connectivity index (χ0v) is 9.20.